The molecule has 0 unspecified atom stereocenters. The van der Waals surface area contributed by atoms with E-state index >= 15 is 0 Å². The van der Waals surface area contributed by atoms with Crippen molar-refractivity contribution in [3.05, 3.63) is 73.0 Å². The van der Waals surface area contributed by atoms with Crippen LogP contribution in [0.3, 0.4) is 0 Å². The van der Waals surface area contributed by atoms with Crippen molar-refractivity contribution < 1.29 is 14.2 Å². The summed E-state index contributed by atoms with van der Waals surface area (Å²) in [4.78, 5) is 20.6. The van der Waals surface area contributed by atoms with Gasteiger partial charge < -0.3 is 19.5 Å². The van der Waals surface area contributed by atoms with Gasteiger partial charge in [0.1, 0.15) is 36.5 Å². The number of nitrogens with zero attached hydrogens (tertiary/aromatic N) is 12. The number of benzene rings is 1. The summed E-state index contributed by atoms with van der Waals surface area (Å²) in [6.07, 6.45) is 16.9. The van der Waals surface area contributed by atoms with Crippen LogP contribution in [0.2, 0.25) is 0 Å². The minimum absolute atomic E-state index is 0.177. The SMILES string of the molecule is C[C@@H](Cn1cnnn1)Oc1cc(-c2cnc(Nc3cn([C@H]4CC[C@H](N5[C@@H]6CC[C@H]5COC6)CC4)nc3OCc3ncccn3)nc2)ccc1C#N. The van der Waals surface area contributed by atoms with Crippen LogP contribution in [0.4, 0.5) is 11.6 Å². The number of tetrazole rings is 1. The molecular weight excluding hydrogens is 650 g/mol. The van der Waals surface area contributed by atoms with Crippen molar-refractivity contribution in [1.29, 1.82) is 5.26 Å². The van der Waals surface area contributed by atoms with Crippen molar-refractivity contribution in [2.24, 2.45) is 0 Å². The Kier molecular flexibility index (Phi) is 9.45. The highest BCUT2D eigenvalue weighted by Gasteiger charge is 2.42. The fourth-order valence-corrected chi connectivity index (χ4v) is 7.50. The Hall–Kier alpha value is -5.53. The third kappa shape index (κ3) is 7.35. The maximum absolute atomic E-state index is 9.69. The number of morpholine rings is 1. The van der Waals surface area contributed by atoms with Gasteiger partial charge in [-0.05, 0) is 79.6 Å². The molecule has 0 amide bonds. The number of nitriles is 1. The fraction of sp³-hybridized carbons (Fsp3) is 0.457. The van der Waals surface area contributed by atoms with E-state index < -0.39 is 0 Å². The molecule has 16 nitrogen and oxygen atoms in total. The van der Waals surface area contributed by atoms with Crippen LogP contribution in [0.15, 0.2) is 61.6 Å². The number of nitrogens with one attached hydrogen (secondary N) is 1. The van der Waals surface area contributed by atoms with E-state index in [0.29, 0.717) is 59.3 Å². The molecule has 1 aromatic carbocycles. The maximum Gasteiger partial charge on any atom is 0.257 e. The molecule has 1 aliphatic carbocycles. The molecule has 1 N–H and O–H groups in total. The third-order valence-corrected chi connectivity index (χ3v) is 9.91. The quantitative estimate of drug-likeness (QED) is 0.198. The second kappa shape index (κ2) is 14.8. The summed E-state index contributed by atoms with van der Waals surface area (Å²) >= 11 is 0. The summed E-state index contributed by atoms with van der Waals surface area (Å²) in [5, 5.41) is 29.1. The molecule has 3 fully saturated rings. The summed E-state index contributed by atoms with van der Waals surface area (Å²) in [5.74, 6) is 1.86. The van der Waals surface area contributed by atoms with Gasteiger partial charge in [-0.1, -0.05) is 6.07 Å². The zero-order valence-electron chi connectivity index (χ0n) is 28.3. The summed E-state index contributed by atoms with van der Waals surface area (Å²) in [6.45, 7) is 4.24. The van der Waals surface area contributed by atoms with E-state index in [2.05, 4.69) is 51.7 Å². The molecule has 2 saturated heterocycles. The fourth-order valence-electron chi connectivity index (χ4n) is 7.50. The summed E-state index contributed by atoms with van der Waals surface area (Å²) in [6, 6.07) is 11.4. The van der Waals surface area contributed by atoms with Crippen LogP contribution in [-0.2, 0) is 17.9 Å². The Bertz CT molecular complexity index is 1920. The van der Waals surface area contributed by atoms with Gasteiger partial charge in [0.2, 0.25) is 5.95 Å². The largest absolute Gasteiger partial charge is 0.487 e. The molecular formula is C35H39N13O3. The zero-order valence-corrected chi connectivity index (χ0v) is 28.3. The van der Waals surface area contributed by atoms with Gasteiger partial charge in [0.05, 0.1) is 37.6 Å². The predicted octanol–water partition coefficient (Wildman–Crippen LogP) is 4.13. The minimum Gasteiger partial charge on any atom is -0.487 e. The van der Waals surface area contributed by atoms with Crippen LogP contribution in [0.5, 0.6) is 11.6 Å². The molecule has 2 bridgehead atoms. The number of hydrogen-bond donors (Lipinski definition) is 1. The average Bonchev–Trinajstić information content (AvgIpc) is 3.89. The van der Waals surface area contributed by atoms with E-state index in [-0.39, 0.29) is 18.8 Å². The molecule has 0 radical (unpaired) electrons. The highest BCUT2D eigenvalue weighted by molar-refractivity contribution is 5.67. The lowest BCUT2D eigenvalue weighted by Crippen LogP contribution is -2.52. The van der Waals surface area contributed by atoms with Crippen molar-refractivity contribution in [3.63, 3.8) is 0 Å². The Morgan fingerprint density at radius 2 is 1.71 bits per heavy atom. The molecule has 1 saturated carbocycles. The molecule has 262 valence electrons. The van der Waals surface area contributed by atoms with Crippen molar-refractivity contribution >= 4 is 11.6 Å². The van der Waals surface area contributed by atoms with Gasteiger partial charge in [0.15, 0.2) is 5.82 Å². The average molecular weight is 690 g/mol. The van der Waals surface area contributed by atoms with E-state index in [1.165, 1.54) is 19.2 Å². The van der Waals surface area contributed by atoms with Gasteiger partial charge in [-0.15, -0.1) is 10.2 Å². The van der Waals surface area contributed by atoms with Crippen molar-refractivity contribution in [1.82, 2.24) is 54.8 Å². The number of aromatic nitrogens is 10. The molecule has 4 aromatic heterocycles. The normalized spacial score (nSPS) is 22.3. The maximum atomic E-state index is 9.69. The Morgan fingerprint density at radius 3 is 2.43 bits per heavy atom. The number of ether oxygens (including phenoxy) is 3. The Balaban J connectivity index is 0.968. The molecule has 3 aliphatic rings. The molecule has 2 aliphatic heterocycles. The van der Waals surface area contributed by atoms with Gasteiger partial charge in [0, 0.05) is 48.5 Å². The number of fused-ring (bicyclic) bond motifs is 2. The Labute approximate surface area is 294 Å². The van der Waals surface area contributed by atoms with Crippen LogP contribution >= 0.6 is 0 Å². The lowest BCUT2D eigenvalue weighted by molar-refractivity contribution is -0.0458. The molecule has 16 heteroatoms. The summed E-state index contributed by atoms with van der Waals surface area (Å²) < 4.78 is 21.7. The van der Waals surface area contributed by atoms with Gasteiger partial charge in [-0.2, -0.15) is 5.26 Å². The predicted molar refractivity (Wildman–Crippen MR) is 183 cm³/mol. The molecule has 51 heavy (non-hydrogen) atoms. The van der Waals surface area contributed by atoms with Crippen molar-refractivity contribution in [2.45, 2.75) is 88.9 Å². The van der Waals surface area contributed by atoms with E-state index in [1.807, 2.05) is 29.9 Å². The zero-order chi connectivity index (χ0) is 34.6. The van der Waals surface area contributed by atoms with Crippen molar-refractivity contribution in [3.8, 4) is 28.8 Å². The van der Waals surface area contributed by atoms with Gasteiger partial charge in [-0.25, -0.2) is 24.6 Å². The number of hydrogen-bond acceptors (Lipinski definition) is 14. The summed E-state index contributed by atoms with van der Waals surface area (Å²) in [7, 11) is 0. The lowest BCUT2D eigenvalue weighted by atomic mass is 9.89. The molecule has 6 heterocycles. The van der Waals surface area contributed by atoms with E-state index in [4.69, 9.17) is 19.3 Å². The topological polar surface area (TPSA) is 180 Å². The minimum atomic E-state index is -0.278. The number of anilines is 2. The second-order valence-corrected chi connectivity index (χ2v) is 13.3. The second-order valence-electron chi connectivity index (χ2n) is 13.3. The smallest absolute Gasteiger partial charge is 0.257 e. The highest BCUT2D eigenvalue weighted by Crippen LogP contribution is 2.39. The third-order valence-electron chi connectivity index (χ3n) is 9.91. The van der Waals surface area contributed by atoms with Crippen LogP contribution in [-0.4, -0.2) is 92.3 Å². The van der Waals surface area contributed by atoms with Crippen LogP contribution in [0.25, 0.3) is 11.1 Å². The first kappa shape index (κ1) is 32.7. The molecule has 5 aromatic rings. The monoisotopic (exact) mass is 689 g/mol. The highest BCUT2D eigenvalue weighted by atomic mass is 16.5. The van der Waals surface area contributed by atoms with Crippen LogP contribution in [0.1, 0.15) is 62.9 Å². The first-order valence-electron chi connectivity index (χ1n) is 17.4. The van der Waals surface area contributed by atoms with E-state index in [0.717, 1.165) is 50.0 Å². The standard InChI is InChI=1S/C35H39N13O3/c1-23(17-46-22-41-44-45-46)51-32-13-24(3-4-25(32)14-36)26-15-39-35(40-16-26)42-31-18-47(43-34(31)50-21-33-37-11-2-12-38-33)27-5-7-28(8-6-27)48-29-9-10-30(48)20-49-19-29/h2-4,11-13,15-16,18,22-23,27-30H,5-10,17,19-21H2,1H3,(H,39,40,42)/t23-,27-,28-,29-,30+/m0/s1. The van der Waals surface area contributed by atoms with Gasteiger partial charge in [-0.3, -0.25) is 9.58 Å². The lowest BCUT2D eigenvalue weighted by Gasteiger charge is -2.43. The van der Waals surface area contributed by atoms with Gasteiger partial charge in [0.25, 0.3) is 5.88 Å². The first-order valence-corrected chi connectivity index (χ1v) is 17.4. The summed E-state index contributed by atoms with van der Waals surface area (Å²) in [5.41, 5.74) is 2.67. The molecule has 0 spiro atoms. The number of rotatable bonds is 12. The van der Waals surface area contributed by atoms with E-state index in [9.17, 15) is 5.26 Å². The Morgan fingerprint density at radius 1 is 0.961 bits per heavy atom. The van der Waals surface area contributed by atoms with Crippen LogP contribution < -0.4 is 14.8 Å². The van der Waals surface area contributed by atoms with Crippen molar-refractivity contribution in [2.75, 3.05) is 18.5 Å². The molecule has 8 rings (SSSR count). The van der Waals surface area contributed by atoms with E-state index in [1.54, 1.807) is 41.6 Å². The van der Waals surface area contributed by atoms with Crippen LogP contribution in [0, 0.1) is 11.3 Å². The first-order chi connectivity index (χ1) is 25.1. The molecule has 3 atom stereocenters. The van der Waals surface area contributed by atoms with Gasteiger partial charge >= 0.3 is 0 Å².